The highest BCUT2D eigenvalue weighted by Gasteiger charge is 2.63. The van der Waals surface area contributed by atoms with Gasteiger partial charge in [0.1, 0.15) is 5.22 Å². The van der Waals surface area contributed by atoms with Crippen molar-refractivity contribution >= 4 is 14.2 Å². The summed E-state index contributed by atoms with van der Waals surface area (Å²) in [5, 5.41) is -0.348. The predicted molar refractivity (Wildman–Crippen MR) is 92.1 cm³/mol. The maximum absolute atomic E-state index is 6.19. The van der Waals surface area contributed by atoms with Crippen LogP contribution in [0.1, 0.15) is 44.1 Å². The van der Waals surface area contributed by atoms with Crippen molar-refractivity contribution < 1.29 is 13.6 Å². The van der Waals surface area contributed by atoms with Crippen molar-refractivity contribution in [2.24, 2.45) is 0 Å². The summed E-state index contributed by atoms with van der Waals surface area (Å²) in [4.78, 5) is 0. The van der Waals surface area contributed by atoms with Gasteiger partial charge in [-0.15, -0.1) is 0 Å². The summed E-state index contributed by atoms with van der Waals surface area (Å²) >= 11 is 0. The van der Waals surface area contributed by atoms with Gasteiger partial charge in [0, 0.05) is 32.9 Å². The van der Waals surface area contributed by atoms with Crippen LogP contribution in [0, 0.1) is 0 Å². The molecule has 5 heteroatoms. The molecule has 0 spiro atoms. The summed E-state index contributed by atoms with van der Waals surface area (Å²) in [6.07, 6.45) is 4.20. The quantitative estimate of drug-likeness (QED) is 0.642. The molecule has 0 amide bonds. The van der Waals surface area contributed by atoms with Gasteiger partial charge in [-0.05, 0) is 36.6 Å². The average Bonchev–Trinajstić information content (AvgIpc) is 2.56. The van der Waals surface area contributed by atoms with E-state index in [0.29, 0.717) is 5.92 Å². The predicted octanol–water partition coefficient (Wildman–Crippen LogP) is 3.61. The maximum atomic E-state index is 6.19. The zero-order valence-electron chi connectivity index (χ0n) is 14.2. The van der Waals surface area contributed by atoms with Crippen molar-refractivity contribution in [1.82, 2.24) is 0 Å². The average molecular weight is 324 g/mol. The zero-order chi connectivity index (χ0) is 16.2. The standard InChI is InChI=1S/C17H29NO3Si/c1-5-12-17(19-2)16(14-8-10-15(18)11-9-14)7-6-13-22(17,20-3)21-4/h8-11,16H,5-7,12-13,18H2,1-4H3. The van der Waals surface area contributed by atoms with Crippen LogP contribution < -0.4 is 5.73 Å². The van der Waals surface area contributed by atoms with E-state index in [1.54, 1.807) is 14.2 Å². The number of ether oxygens (including phenoxy) is 1. The normalized spacial score (nSPS) is 27.7. The molecule has 4 nitrogen and oxygen atoms in total. The Labute approximate surface area is 135 Å². The van der Waals surface area contributed by atoms with Gasteiger partial charge in [-0.2, -0.15) is 0 Å². The lowest BCUT2D eigenvalue weighted by molar-refractivity contribution is -0.0302. The highest BCUT2D eigenvalue weighted by molar-refractivity contribution is 6.71. The SMILES string of the molecule is CCCC1(OC)C(c2ccc(N)cc2)CCC[Si]1(OC)OC. The summed E-state index contributed by atoms with van der Waals surface area (Å²) in [7, 11) is 2.93. The number of anilines is 1. The number of nitrogen functional groups attached to an aromatic ring is 1. The van der Waals surface area contributed by atoms with E-state index in [9.17, 15) is 0 Å². The second-order valence-corrected chi connectivity index (χ2v) is 9.78. The van der Waals surface area contributed by atoms with Crippen LogP contribution in [-0.2, 0) is 13.6 Å². The van der Waals surface area contributed by atoms with E-state index in [1.165, 1.54) is 5.56 Å². The number of hydrogen-bond donors (Lipinski definition) is 1. The van der Waals surface area contributed by atoms with E-state index in [2.05, 4.69) is 19.1 Å². The molecular weight excluding hydrogens is 294 g/mol. The van der Waals surface area contributed by atoms with E-state index in [-0.39, 0.29) is 5.22 Å². The molecule has 0 aliphatic carbocycles. The van der Waals surface area contributed by atoms with E-state index in [1.807, 2.05) is 19.2 Å². The van der Waals surface area contributed by atoms with Crippen LogP contribution in [0.3, 0.4) is 0 Å². The molecule has 0 saturated carbocycles. The molecule has 1 aliphatic rings. The van der Waals surface area contributed by atoms with Crippen LogP contribution in [0.15, 0.2) is 24.3 Å². The molecule has 2 atom stereocenters. The van der Waals surface area contributed by atoms with Crippen molar-refractivity contribution in [3.8, 4) is 0 Å². The van der Waals surface area contributed by atoms with Crippen molar-refractivity contribution in [3.05, 3.63) is 29.8 Å². The summed E-state index contributed by atoms with van der Waals surface area (Å²) < 4.78 is 18.3. The van der Waals surface area contributed by atoms with Crippen LogP contribution >= 0.6 is 0 Å². The third-order valence-corrected chi connectivity index (χ3v) is 9.61. The van der Waals surface area contributed by atoms with E-state index < -0.39 is 8.56 Å². The van der Waals surface area contributed by atoms with Gasteiger partial charge < -0.3 is 19.3 Å². The maximum Gasteiger partial charge on any atom is 0.371 e. The lowest BCUT2D eigenvalue weighted by Gasteiger charge is -2.52. The molecule has 1 saturated heterocycles. The van der Waals surface area contributed by atoms with Gasteiger partial charge in [-0.3, -0.25) is 0 Å². The Kier molecular flexibility index (Phi) is 5.66. The van der Waals surface area contributed by atoms with Crippen LogP contribution in [0.25, 0.3) is 0 Å². The van der Waals surface area contributed by atoms with Crippen LogP contribution in [0.4, 0.5) is 5.69 Å². The van der Waals surface area contributed by atoms with Crippen LogP contribution in [-0.4, -0.2) is 35.1 Å². The Morgan fingerprint density at radius 3 is 2.32 bits per heavy atom. The Balaban J connectivity index is 2.51. The molecule has 0 aromatic heterocycles. The number of rotatable bonds is 6. The monoisotopic (exact) mass is 323 g/mol. The fourth-order valence-electron chi connectivity index (χ4n) is 4.18. The Hall–Kier alpha value is -0.883. The number of methoxy groups -OCH3 is 1. The molecule has 1 aromatic rings. The van der Waals surface area contributed by atoms with Crippen molar-refractivity contribution in [2.45, 2.75) is 49.8 Å². The molecular formula is C17H29NO3Si. The van der Waals surface area contributed by atoms with Crippen LogP contribution in [0.5, 0.6) is 0 Å². The van der Waals surface area contributed by atoms with Gasteiger partial charge in [0.2, 0.25) is 0 Å². The molecule has 1 fully saturated rings. The summed E-state index contributed by atoms with van der Waals surface area (Å²) in [5.74, 6) is 0.290. The lowest BCUT2D eigenvalue weighted by atomic mass is 9.85. The Morgan fingerprint density at radius 2 is 1.82 bits per heavy atom. The van der Waals surface area contributed by atoms with Crippen LogP contribution in [0.2, 0.25) is 6.04 Å². The molecule has 1 aromatic carbocycles. The molecule has 124 valence electrons. The number of nitrogens with two attached hydrogens (primary N) is 1. The summed E-state index contributed by atoms with van der Waals surface area (Å²) in [5.41, 5.74) is 7.91. The molecule has 1 aliphatic heterocycles. The topological polar surface area (TPSA) is 53.7 Å². The van der Waals surface area contributed by atoms with Gasteiger partial charge in [0.25, 0.3) is 0 Å². The third-order valence-electron chi connectivity index (χ3n) is 5.19. The number of hydrogen-bond acceptors (Lipinski definition) is 4. The van der Waals surface area contributed by atoms with Gasteiger partial charge >= 0.3 is 8.56 Å². The third kappa shape index (κ3) is 2.71. The Morgan fingerprint density at radius 1 is 1.18 bits per heavy atom. The van der Waals surface area contributed by atoms with E-state index in [4.69, 9.17) is 19.3 Å². The molecule has 0 bridgehead atoms. The fourth-order valence-corrected chi connectivity index (χ4v) is 8.32. The second kappa shape index (κ2) is 7.13. The molecule has 2 N–H and O–H groups in total. The molecule has 2 rings (SSSR count). The first-order chi connectivity index (χ1) is 10.6. The lowest BCUT2D eigenvalue weighted by Crippen LogP contribution is -2.67. The first-order valence-corrected chi connectivity index (χ1v) is 10.1. The fraction of sp³-hybridized carbons (Fsp3) is 0.647. The minimum absolute atomic E-state index is 0.290. The first-order valence-electron chi connectivity index (χ1n) is 8.10. The van der Waals surface area contributed by atoms with E-state index in [0.717, 1.165) is 37.4 Å². The highest BCUT2D eigenvalue weighted by Crippen LogP contribution is 2.51. The summed E-state index contributed by atoms with van der Waals surface area (Å²) in [6, 6.07) is 9.18. The molecule has 1 heterocycles. The van der Waals surface area contributed by atoms with Crippen molar-refractivity contribution in [1.29, 1.82) is 0 Å². The number of benzene rings is 1. The molecule has 22 heavy (non-hydrogen) atoms. The largest absolute Gasteiger partial charge is 0.399 e. The second-order valence-electron chi connectivity index (χ2n) is 6.12. The molecule has 2 unspecified atom stereocenters. The smallest absolute Gasteiger partial charge is 0.371 e. The van der Waals surface area contributed by atoms with Gasteiger partial charge in [0.05, 0.1) is 0 Å². The minimum atomic E-state index is -2.44. The molecule has 0 radical (unpaired) electrons. The van der Waals surface area contributed by atoms with Gasteiger partial charge in [-0.25, -0.2) is 0 Å². The Bertz CT molecular complexity index is 475. The van der Waals surface area contributed by atoms with E-state index >= 15 is 0 Å². The summed E-state index contributed by atoms with van der Waals surface area (Å²) in [6.45, 7) is 2.19. The van der Waals surface area contributed by atoms with Crippen molar-refractivity contribution in [2.75, 3.05) is 27.1 Å². The minimum Gasteiger partial charge on any atom is -0.399 e. The van der Waals surface area contributed by atoms with Crippen molar-refractivity contribution in [3.63, 3.8) is 0 Å². The van der Waals surface area contributed by atoms with Gasteiger partial charge in [-0.1, -0.05) is 31.9 Å². The first kappa shape index (κ1) is 17.5. The highest BCUT2D eigenvalue weighted by atomic mass is 28.4. The zero-order valence-corrected chi connectivity index (χ0v) is 15.2. The van der Waals surface area contributed by atoms with Gasteiger partial charge in [0.15, 0.2) is 0 Å².